The largest absolute Gasteiger partial charge is 0.486 e. The standard InChI is InChI=1S/C21H17ClN2O5S/c22-15-4-2-5-17(12-15)24-30(26,27)18-6-1-3-14(11-18)21(25)23-16-7-8-19-20(13-16)29-10-9-28-19/h1-8,11-13,24H,9-10H2,(H,23,25). The fourth-order valence-corrected chi connectivity index (χ4v) is 4.18. The van der Waals surface area contributed by atoms with Crippen LogP contribution in [0, 0.1) is 0 Å². The molecule has 1 amide bonds. The minimum absolute atomic E-state index is 0.0442. The van der Waals surface area contributed by atoms with Crippen LogP contribution >= 0.6 is 11.6 Å². The van der Waals surface area contributed by atoms with Crippen molar-refractivity contribution in [2.45, 2.75) is 4.90 Å². The van der Waals surface area contributed by atoms with Gasteiger partial charge in [0, 0.05) is 22.3 Å². The van der Waals surface area contributed by atoms with E-state index in [9.17, 15) is 13.2 Å². The highest BCUT2D eigenvalue weighted by Crippen LogP contribution is 2.32. The van der Waals surface area contributed by atoms with Crippen molar-refractivity contribution in [3.05, 3.63) is 77.3 Å². The van der Waals surface area contributed by atoms with Gasteiger partial charge in [0.05, 0.1) is 10.6 Å². The number of amides is 1. The van der Waals surface area contributed by atoms with E-state index in [1.807, 2.05) is 0 Å². The van der Waals surface area contributed by atoms with Gasteiger partial charge < -0.3 is 14.8 Å². The summed E-state index contributed by atoms with van der Waals surface area (Å²) in [6.07, 6.45) is 0. The molecule has 9 heteroatoms. The first-order valence-electron chi connectivity index (χ1n) is 9.00. The first-order valence-corrected chi connectivity index (χ1v) is 10.9. The molecule has 4 rings (SSSR count). The molecule has 1 heterocycles. The fraction of sp³-hybridized carbons (Fsp3) is 0.0952. The fourth-order valence-electron chi connectivity index (χ4n) is 2.89. The highest BCUT2D eigenvalue weighted by atomic mass is 35.5. The summed E-state index contributed by atoms with van der Waals surface area (Å²) in [5.41, 5.74) is 1.03. The Balaban J connectivity index is 1.53. The third-order valence-electron chi connectivity index (χ3n) is 4.28. The van der Waals surface area contributed by atoms with Gasteiger partial charge in [-0.15, -0.1) is 0 Å². The molecule has 3 aromatic rings. The summed E-state index contributed by atoms with van der Waals surface area (Å²) in [5, 5.41) is 3.14. The second kappa shape index (κ2) is 8.25. The zero-order chi connectivity index (χ0) is 21.1. The molecule has 0 fully saturated rings. The van der Waals surface area contributed by atoms with Crippen molar-refractivity contribution in [3.63, 3.8) is 0 Å². The Bertz CT molecular complexity index is 1210. The minimum Gasteiger partial charge on any atom is -0.486 e. The molecule has 2 N–H and O–H groups in total. The normalized spacial score (nSPS) is 12.8. The summed E-state index contributed by atoms with van der Waals surface area (Å²) in [5.74, 6) is 0.701. The molecule has 0 aliphatic carbocycles. The molecule has 0 saturated carbocycles. The number of carbonyl (C=O) groups is 1. The lowest BCUT2D eigenvalue weighted by molar-refractivity contribution is 0.102. The number of hydrogen-bond donors (Lipinski definition) is 2. The van der Waals surface area contributed by atoms with E-state index >= 15 is 0 Å². The van der Waals surface area contributed by atoms with Crippen molar-refractivity contribution in [3.8, 4) is 11.5 Å². The van der Waals surface area contributed by atoms with Gasteiger partial charge in [0.2, 0.25) is 0 Å². The monoisotopic (exact) mass is 444 g/mol. The summed E-state index contributed by atoms with van der Waals surface area (Å²) in [4.78, 5) is 12.6. The molecule has 1 aliphatic heterocycles. The van der Waals surface area contributed by atoms with E-state index in [1.165, 1.54) is 30.3 Å². The van der Waals surface area contributed by atoms with Gasteiger partial charge in [0.15, 0.2) is 11.5 Å². The van der Waals surface area contributed by atoms with Gasteiger partial charge in [0.1, 0.15) is 13.2 Å². The van der Waals surface area contributed by atoms with Crippen LogP contribution in [0.2, 0.25) is 5.02 Å². The third kappa shape index (κ3) is 4.50. The lowest BCUT2D eigenvalue weighted by Gasteiger charge is -2.19. The second-order valence-electron chi connectivity index (χ2n) is 6.46. The van der Waals surface area contributed by atoms with Crippen molar-refractivity contribution in [1.29, 1.82) is 0 Å². The van der Waals surface area contributed by atoms with Crippen LogP contribution in [0.15, 0.2) is 71.6 Å². The van der Waals surface area contributed by atoms with E-state index in [-0.39, 0.29) is 10.5 Å². The predicted molar refractivity (Wildman–Crippen MR) is 114 cm³/mol. The molecule has 7 nitrogen and oxygen atoms in total. The third-order valence-corrected chi connectivity index (χ3v) is 5.90. The average Bonchev–Trinajstić information content (AvgIpc) is 2.73. The van der Waals surface area contributed by atoms with E-state index < -0.39 is 15.9 Å². The van der Waals surface area contributed by atoms with E-state index in [2.05, 4.69) is 10.0 Å². The Morgan fingerprint density at radius 1 is 0.867 bits per heavy atom. The number of halogens is 1. The maximum absolute atomic E-state index is 12.7. The number of rotatable bonds is 5. The molecule has 0 atom stereocenters. The molecule has 30 heavy (non-hydrogen) atoms. The lowest BCUT2D eigenvalue weighted by atomic mass is 10.2. The Labute approximate surface area is 178 Å². The Morgan fingerprint density at radius 2 is 1.63 bits per heavy atom. The first-order chi connectivity index (χ1) is 14.4. The molecule has 0 radical (unpaired) electrons. The van der Waals surface area contributed by atoms with Gasteiger partial charge in [0.25, 0.3) is 15.9 Å². The van der Waals surface area contributed by atoms with Crippen molar-refractivity contribution in [2.24, 2.45) is 0 Å². The van der Waals surface area contributed by atoms with Crippen LogP contribution in [-0.4, -0.2) is 27.5 Å². The zero-order valence-electron chi connectivity index (χ0n) is 15.6. The summed E-state index contributed by atoms with van der Waals surface area (Å²) in [6.45, 7) is 0.910. The molecule has 0 bridgehead atoms. The Morgan fingerprint density at radius 3 is 2.43 bits per heavy atom. The number of sulfonamides is 1. The van der Waals surface area contributed by atoms with Crippen molar-refractivity contribution in [1.82, 2.24) is 0 Å². The van der Waals surface area contributed by atoms with Crippen molar-refractivity contribution < 1.29 is 22.7 Å². The summed E-state index contributed by atoms with van der Waals surface area (Å²) < 4.78 is 38.8. The molecular formula is C21H17ClN2O5S. The maximum atomic E-state index is 12.7. The number of anilines is 2. The Kier molecular flexibility index (Phi) is 5.52. The molecule has 0 saturated heterocycles. The van der Waals surface area contributed by atoms with Crippen LogP contribution in [0.5, 0.6) is 11.5 Å². The number of hydrogen-bond acceptors (Lipinski definition) is 5. The number of carbonyl (C=O) groups excluding carboxylic acids is 1. The SMILES string of the molecule is O=C(Nc1ccc2c(c1)OCCO2)c1cccc(S(=O)(=O)Nc2cccc(Cl)c2)c1. The predicted octanol–water partition coefficient (Wildman–Crippen LogP) is 4.16. The average molecular weight is 445 g/mol. The molecule has 0 unspecified atom stereocenters. The Hall–Kier alpha value is -3.23. The summed E-state index contributed by atoms with van der Waals surface area (Å²) in [6, 6.07) is 17.2. The molecule has 1 aliphatic rings. The van der Waals surface area contributed by atoms with Gasteiger partial charge in [-0.3, -0.25) is 9.52 Å². The van der Waals surface area contributed by atoms with E-state index in [0.29, 0.717) is 41.1 Å². The van der Waals surface area contributed by atoms with Crippen LogP contribution < -0.4 is 19.5 Å². The number of fused-ring (bicyclic) bond motifs is 1. The van der Waals surface area contributed by atoms with Crippen LogP contribution in [0.25, 0.3) is 0 Å². The first kappa shape index (κ1) is 20.1. The van der Waals surface area contributed by atoms with Crippen molar-refractivity contribution in [2.75, 3.05) is 23.3 Å². The van der Waals surface area contributed by atoms with Crippen molar-refractivity contribution >= 4 is 38.9 Å². The number of benzene rings is 3. The highest BCUT2D eigenvalue weighted by Gasteiger charge is 2.18. The smallest absolute Gasteiger partial charge is 0.261 e. The van der Waals surface area contributed by atoms with Gasteiger partial charge in [-0.25, -0.2) is 8.42 Å². The number of nitrogens with one attached hydrogen (secondary N) is 2. The summed E-state index contributed by atoms with van der Waals surface area (Å²) >= 11 is 5.90. The molecular weight excluding hydrogens is 428 g/mol. The van der Waals surface area contributed by atoms with Gasteiger partial charge >= 0.3 is 0 Å². The van der Waals surface area contributed by atoms with E-state index in [4.69, 9.17) is 21.1 Å². The van der Waals surface area contributed by atoms with Gasteiger partial charge in [-0.1, -0.05) is 23.7 Å². The van der Waals surface area contributed by atoms with Crippen LogP contribution in [-0.2, 0) is 10.0 Å². The van der Waals surface area contributed by atoms with Crippen LogP contribution in [0.3, 0.4) is 0 Å². The topological polar surface area (TPSA) is 93.7 Å². The summed E-state index contributed by atoms with van der Waals surface area (Å²) in [7, 11) is -3.90. The van der Waals surface area contributed by atoms with Crippen LogP contribution in [0.4, 0.5) is 11.4 Å². The van der Waals surface area contributed by atoms with Gasteiger partial charge in [-0.2, -0.15) is 0 Å². The quantitative estimate of drug-likeness (QED) is 0.616. The number of ether oxygens (including phenoxy) is 2. The molecule has 3 aromatic carbocycles. The zero-order valence-corrected chi connectivity index (χ0v) is 17.2. The second-order valence-corrected chi connectivity index (χ2v) is 8.58. The lowest BCUT2D eigenvalue weighted by Crippen LogP contribution is -2.17. The van der Waals surface area contributed by atoms with E-state index in [1.54, 1.807) is 36.4 Å². The van der Waals surface area contributed by atoms with Crippen LogP contribution in [0.1, 0.15) is 10.4 Å². The maximum Gasteiger partial charge on any atom is 0.261 e. The van der Waals surface area contributed by atoms with E-state index in [0.717, 1.165) is 0 Å². The minimum atomic E-state index is -3.90. The molecule has 0 spiro atoms. The molecule has 0 aromatic heterocycles. The highest BCUT2D eigenvalue weighted by molar-refractivity contribution is 7.92. The molecule has 154 valence electrons. The van der Waals surface area contributed by atoms with Gasteiger partial charge in [-0.05, 0) is 48.5 Å².